The number of aliphatic hydroxyl groups is 1. The molecule has 0 aromatic rings. The number of rotatable bonds is 2. The third kappa shape index (κ3) is 2.22. The zero-order valence-corrected chi connectivity index (χ0v) is 11.1. The average Bonchev–Trinajstić information content (AvgIpc) is 2.13. The molecule has 0 aromatic heterocycles. The van der Waals surface area contributed by atoms with Crippen molar-refractivity contribution in [1.82, 2.24) is 0 Å². The van der Waals surface area contributed by atoms with Crippen molar-refractivity contribution in [3.05, 3.63) is 0 Å². The van der Waals surface area contributed by atoms with Gasteiger partial charge in [0.25, 0.3) is 0 Å². The van der Waals surface area contributed by atoms with Gasteiger partial charge in [0.15, 0.2) is 0 Å². The third-order valence-electron chi connectivity index (χ3n) is 5.03. The number of hydrogen-bond acceptors (Lipinski definition) is 2. The van der Waals surface area contributed by atoms with Gasteiger partial charge in [-0.1, -0.05) is 20.3 Å². The second-order valence-corrected chi connectivity index (χ2v) is 7.09. The van der Waals surface area contributed by atoms with E-state index >= 15 is 0 Å². The Labute approximate surface area is 103 Å². The second-order valence-electron chi connectivity index (χ2n) is 7.09. The van der Waals surface area contributed by atoms with Crippen LogP contribution in [0.25, 0.3) is 0 Å². The van der Waals surface area contributed by atoms with E-state index in [-0.39, 0.29) is 5.41 Å². The number of carboxylic acid groups (broad SMARTS) is 1. The van der Waals surface area contributed by atoms with Crippen LogP contribution in [0, 0.1) is 16.7 Å². The molecule has 2 aliphatic rings. The molecule has 2 N–H and O–H groups in total. The fourth-order valence-electron chi connectivity index (χ4n) is 4.39. The molecule has 2 saturated carbocycles. The molecule has 0 aromatic carbocycles. The van der Waals surface area contributed by atoms with Gasteiger partial charge < -0.3 is 10.2 Å². The molecule has 3 nitrogen and oxygen atoms in total. The molecular weight excluding hydrogens is 216 g/mol. The first-order chi connectivity index (χ1) is 7.70. The van der Waals surface area contributed by atoms with Crippen molar-refractivity contribution in [3.8, 4) is 0 Å². The quantitative estimate of drug-likeness (QED) is 0.780. The number of carbonyl (C=O) groups is 1. The van der Waals surface area contributed by atoms with Crippen molar-refractivity contribution in [1.29, 1.82) is 0 Å². The monoisotopic (exact) mass is 240 g/mol. The van der Waals surface area contributed by atoms with Gasteiger partial charge >= 0.3 is 5.97 Å². The van der Waals surface area contributed by atoms with Crippen LogP contribution in [0.5, 0.6) is 0 Å². The zero-order chi connectivity index (χ0) is 12.9. The van der Waals surface area contributed by atoms with E-state index in [2.05, 4.69) is 13.8 Å². The lowest BCUT2D eigenvalue weighted by atomic mass is 9.53. The normalized spacial score (nSPS) is 50.0. The van der Waals surface area contributed by atoms with E-state index in [1.165, 1.54) is 0 Å². The van der Waals surface area contributed by atoms with Gasteiger partial charge in [0.05, 0.1) is 11.0 Å². The van der Waals surface area contributed by atoms with Crippen molar-refractivity contribution in [3.63, 3.8) is 0 Å². The maximum atomic E-state index is 11.4. The Hall–Kier alpha value is -0.570. The predicted molar refractivity (Wildman–Crippen MR) is 65.7 cm³/mol. The molecular formula is C14H24O3. The van der Waals surface area contributed by atoms with E-state index < -0.39 is 17.0 Å². The Morgan fingerprint density at radius 2 is 1.88 bits per heavy atom. The molecule has 4 unspecified atom stereocenters. The maximum absolute atomic E-state index is 11.4. The summed E-state index contributed by atoms with van der Waals surface area (Å²) in [5.74, 6) is -0.380. The summed E-state index contributed by atoms with van der Waals surface area (Å²) in [6.07, 6.45) is 4.83. The number of fused-ring (bicyclic) bond motifs is 2. The van der Waals surface area contributed by atoms with Crippen molar-refractivity contribution in [2.45, 2.75) is 64.9 Å². The van der Waals surface area contributed by atoms with Gasteiger partial charge in [-0.2, -0.15) is 0 Å². The van der Waals surface area contributed by atoms with Gasteiger partial charge in [-0.3, -0.25) is 4.79 Å². The molecule has 2 rings (SSSR count). The molecule has 0 radical (unpaired) electrons. The highest BCUT2D eigenvalue weighted by atomic mass is 16.4. The number of aliphatic carboxylic acids is 1. The number of hydrogen-bond donors (Lipinski definition) is 2. The Morgan fingerprint density at radius 3 is 2.35 bits per heavy atom. The highest BCUT2D eigenvalue weighted by Crippen LogP contribution is 2.56. The molecule has 4 atom stereocenters. The van der Waals surface area contributed by atoms with E-state index in [0.29, 0.717) is 12.3 Å². The van der Waals surface area contributed by atoms with Crippen molar-refractivity contribution in [2.24, 2.45) is 16.7 Å². The minimum Gasteiger partial charge on any atom is -0.481 e. The first-order valence-corrected chi connectivity index (χ1v) is 6.66. The summed E-state index contributed by atoms with van der Waals surface area (Å²) in [5.41, 5.74) is -1.29. The molecule has 0 aliphatic heterocycles. The van der Waals surface area contributed by atoms with Crippen molar-refractivity contribution >= 4 is 5.97 Å². The fourth-order valence-corrected chi connectivity index (χ4v) is 4.39. The lowest BCUT2D eigenvalue weighted by Gasteiger charge is -2.54. The standard InChI is InChI=1S/C14H24O3/c1-4-12(2)5-10-6-13(3,11(15)16)9-14(17,7-10)8-12/h10,17H,4-9H2,1-3H3,(H,15,16). The highest BCUT2D eigenvalue weighted by molar-refractivity contribution is 5.74. The Balaban J connectivity index is 2.25. The zero-order valence-electron chi connectivity index (χ0n) is 11.1. The van der Waals surface area contributed by atoms with Gasteiger partial charge in [-0.15, -0.1) is 0 Å². The summed E-state index contributed by atoms with van der Waals surface area (Å²) in [4.78, 5) is 11.4. The minimum absolute atomic E-state index is 0.192. The SMILES string of the molecule is CCC1(C)CC2CC(O)(C1)CC(C)(C(=O)O)C2. The summed E-state index contributed by atoms with van der Waals surface area (Å²) >= 11 is 0. The Morgan fingerprint density at radius 1 is 1.24 bits per heavy atom. The van der Waals surface area contributed by atoms with Crippen LogP contribution < -0.4 is 0 Å². The smallest absolute Gasteiger partial charge is 0.309 e. The molecule has 3 heteroatoms. The van der Waals surface area contributed by atoms with Crippen molar-refractivity contribution in [2.75, 3.05) is 0 Å². The van der Waals surface area contributed by atoms with E-state index in [0.717, 1.165) is 32.1 Å². The van der Waals surface area contributed by atoms with E-state index in [9.17, 15) is 15.0 Å². The molecule has 0 spiro atoms. The molecule has 2 aliphatic carbocycles. The van der Waals surface area contributed by atoms with Gasteiger partial charge in [0.1, 0.15) is 0 Å². The fraction of sp³-hybridized carbons (Fsp3) is 0.929. The van der Waals surface area contributed by atoms with Crippen LogP contribution in [-0.2, 0) is 4.79 Å². The van der Waals surface area contributed by atoms with Gasteiger partial charge in [0.2, 0.25) is 0 Å². The molecule has 98 valence electrons. The lowest BCUT2D eigenvalue weighted by molar-refractivity contribution is -0.171. The summed E-state index contributed by atoms with van der Waals surface area (Å²) in [7, 11) is 0. The minimum atomic E-state index is -0.751. The molecule has 17 heavy (non-hydrogen) atoms. The van der Waals surface area contributed by atoms with Crippen molar-refractivity contribution < 1.29 is 15.0 Å². The van der Waals surface area contributed by atoms with E-state index in [1.807, 2.05) is 0 Å². The summed E-state index contributed by atoms with van der Waals surface area (Å²) in [6.45, 7) is 6.19. The van der Waals surface area contributed by atoms with Crippen LogP contribution in [0.1, 0.15) is 59.3 Å². The summed E-state index contributed by atoms with van der Waals surface area (Å²) < 4.78 is 0. The molecule has 0 heterocycles. The number of carboxylic acids is 1. The molecule has 2 bridgehead atoms. The summed E-state index contributed by atoms with van der Waals surface area (Å²) in [5, 5.41) is 20.0. The van der Waals surface area contributed by atoms with Crippen LogP contribution in [0.2, 0.25) is 0 Å². The maximum Gasteiger partial charge on any atom is 0.309 e. The Bertz CT molecular complexity index is 340. The van der Waals surface area contributed by atoms with Crippen LogP contribution >= 0.6 is 0 Å². The molecule has 0 amide bonds. The Kier molecular flexibility index (Phi) is 2.81. The van der Waals surface area contributed by atoms with Crippen LogP contribution in [-0.4, -0.2) is 21.8 Å². The second kappa shape index (κ2) is 3.71. The van der Waals surface area contributed by atoms with Crippen LogP contribution in [0.4, 0.5) is 0 Å². The summed E-state index contributed by atoms with van der Waals surface area (Å²) in [6, 6.07) is 0. The van der Waals surface area contributed by atoms with Crippen LogP contribution in [0.3, 0.4) is 0 Å². The first-order valence-electron chi connectivity index (χ1n) is 6.66. The first kappa shape index (κ1) is 12.9. The van der Waals surface area contributed by atoms with E-state index in [1.54, 1.807) is 6.92 Å². The lowest BCUT2D eigenvalue weighted by Crippen LogP contribution is -2.53. The largest absolute Gasteiger partial charge is 0.481 e. The van der Waals surface area contributed by atoms with Gasteiger partial charge in [-0.25, -0.2) is 0 Å². The average molecular weight is 240 g/mol. The third-order valence-corrected chi connectivity index (χ3v) is 5.03. The molecule has 0 saturated heterocycles. The highest BCUT2D eigenvalue weighted by Gasteiger charge is 2.54. The molecule has 2 fully saturated rings. The van der Waals surface area contributed by atoms with E-state index in [4.69, 9.17) is 0 Å². The topological polar surface area (TPSA) is 57.5 Å². The van der Waals surface area contributed by atoms with Gasteiger partial charge in [-0.05, 0) is 50.4 Å². The van der Waals surface area contributed by atoms with Crippen LogP contribution in [0.15, 0.2) is 0 Å². The predicted octanol–water partition coefficient (Wildman–Crippen LogP) is 2.82. The van der Waals surface area contributed by atoms with Gasteiger partial charge in [0, 0.05) is 0 Å².